The van der Waals surface area contributed by atoms with Gasteiger partial charge < -0.3 is 9.80 Å². The lowest BCUT2D eigenvalue weighted by molar-refractivity contribution is -0.137. The predicted molar refractivity (Wildman–Crippen MR) is 126 cm³/mol. The van der Waals surface area contributed by atoms with E-state index in [2.05, 4.69) is 54.8 Å². The maximum Gasteiger partial charge on any atom is 0.229 e. The summed E-state index contributed by atoms with van der Waals surface area (Å²) in [5.41, 5.74) is 7.72. The molecule has 3 aliphatic rings. The van der Waals surface area contributed by atoms with Crippen molar-refractivity contribution < 1.29 is 4.79 Å². The molecule has 3 saturated heterocycles. The Morgan fingerprint density at radius 2 is 1.81 bits per heavy atom. The second-order valence-corrected chi connectivity index (χ2v) is 9.29. The maximum atomic E-state index is 13.4. The van der Waals surface area contributed by atoms with Crippen molar-refractivity contribution in [3.63, 3.8) is 0 Å². The Labute approximate surface area is 190 Å². The Balaban J connectivity index is 1.14. The van der Waals surface area contributed by atoms with E-state index in [1.807, 2.05) is 30.5 Å². The average molecular weight is 435 g/mol. The molecule has 7 nitrogen and oxygen atoms in total. The van der Waals surface area contributed by atoms with Crippen LogP contribution in [0.2, 0.25) is 0 Å². The van der Waals surface area contributed by atoms with Gasteiger partial charge in [-0.1, -0.05) is 36.4 Å². The molecule has 0 spiro atoms. The summed E-state index contributed by atoms with van der Waals surface area (Å²) in [4.78, 5) is 25.0. The van der Waals surface area contributed by atoms with Crippen LogP contribution >= 0.6 is 0 Å². The quantitative estimate of drug-likeness (QED) is 0.750. The van der Waals surface area contributed by atoms with Crippen LogP contribution in [0.4, 0.5) is 5.82 Å². The highest BCUT2D eigenvalue weighted by Gasteiger charge is 2.38. The zero-order chi connectivity index (χ0) is 21.8. The van der Waals surface area contributed by atoms with E-state index in [1.165, 1.54) is 12.0 Å². The molecule has 7 heteroatoms. The third kappa shape index (κ3) is 4.80. The van der Waals surface area contributed by atoms with Gasteiger partial charge in [-0.15, -0.1) is 0 Å². The van der Waals surface area contributed by atoms with E-state index < -0.39 is 0 Å². The molecule has 3 atom stereocenters. The minimum absolute atomic E-state index is 0.0435. The van der Waals surface area contributed by atoms with Gasteiger partial charge in [-0.2, -0.15) is 0 Å². The number of benzene rings is 1. The summed E-state index contributed by atoms with van der Waals surface area (Å²) in [6, 6.07) is 16.5. The van der Waals surface area contributed by atoms with Gasteiger partial charge in [0.25, 0.3) is 0 Å². The minimum Gasteiger partial charge on any atom is -0.354 e. The number of piperazine rings is 1. The van der Waals surface area contributed by atoms with Gasteiger partial charge in [-0.25, -0.2) is 10.4 Å². The number of amides is 1. The van der Waals surface area contributed by atoms with Gasteiger partial charge in [0.15, 0.2) is 0 Å². The Hall–Kier alpha value is -2.48. The maximum absolute atomic E-state index is 13.4. The number of likely N-dealkylation sites (tertiary alicyclic amines) is 1. The molecule has 0 aliphatic carbocycles. The smallest absolute Gasteiger partial charge is 0.229 e. The second kappa shape index (κ2) is 9.98. The van der Waals surface area contributed by atoms with E-state index >= 15 is 0 Å². The summed E-state index contributed by atoms with van der Waals surface area (Å²) in [5.74, 6) is 1.89. The summed E-state index contributed by atoms with van der Waals surface area (Å²) in [5, 5.41) is 0. The first-order chi connectivity index (χ1) is 15.8. The highest BCUT2D eigenvalue weighted by atomic mass is 16.2. The first-order valence-corrected chi connectivity index (χ1v) is 12.0. The third-order valence-electron chi connectivity index (χ3n) is 7.15. The lowest BCUT2D eigenvalue weighted by Crippen LogP contribution is -2.51. The van der Waals surface area contributed by atoms with Crippen molar-refractivity contribution >= 4 is 11.7 Å². The lowest BCUT2D eigenvalue weighted by atomic mass is 9.91. The monoisotopic (exact) mass is 434 g/mol. The van der Waals surface area contributed by atoms with Crippen molar-refractivity contribution in [3.05, 3.63) is 60.3 Å². The van der Waals surface area contributed by atoms with Gasteiger partial charge in [0.1, 0.15) is 5.82 Å². The molecule has 3 unspecified atom stereocenters. The van der Waals surface area contributed by atoms with Crippen LogP contribution in [0, 0.1) is 11.8 Å². The molecule has 3 aliphatic heterocycles. The van der Waals surface area contributed by atoms with Crippen LogP contribution in [0.1, 0.15) is 24.4 Å². The summed E-state index contributed by atoms with van der Waals surface area (Å²) in [6.07, 6.45) is 4.19. The summed E-state index contributed by atoms with van der Waals surface area (Å²) in [7, 11) is 0. The summed E-state index contributed by atoms with van der Waals surface area (Å²) in [6.45, 7) is 7.71. The minimum atomic E-state index is -0.0435. The van der Waals surface area contributed by atoms with Crippen molar-refractivity contribution in [1.29, 1.82) is 0 Å². The van der Waals surface area contributed by atoms with E-state index in [-0.39, 0.29) is 12.0 Å². The van der Waals surface area contributed by atoms with Crippen molar-refractivity contribution in [2.45, 2.75) is 18.9 Å². The molecule has 32 heavy (non-hydrogen) atoms. The van der Waals surface area contributed by atoms with Crippen LogP contribution in [0.15, 0.2) is 54.7 Å². The number of nitrogens with one attached hydrogen (secondary N) is 2. The molecule has 0 bridgehead atoms. The fraction of sp³-hybridized carbons (Fsp3) is 0.520. The number of pyridine rings is 1. The predicted octanol–water partition coefficient (Wildman–Crippen LogP) is 1.91. The molecule has 0 saturated carbocycles. The number of carbonyl (C=O) groups excluding carboxylic acids is 1. The van der Waals surface area contributed by atoms with Gasteiger partial charge in [0.05, 0.1) is 12.0 Å². The Morgan fingerprint density at radius 3 is 2.59 bits per heavy atom. The van der Waals surface area contributed by atoms with Crippen LogP contribution < -0.4 is 15.8 Å². The Morgan fingerprint density at radius 1 is 1.00 bits per heavy atom. The highest BCUT2D eigenvalue weighted by molar-refractivity contribution is 5.80. The van der Waals surface area contributed by atoms with Crippen molar-refractivity contribution in [2.24, 2.45) is 11.8 Å². The van der Waals surface area contributed by atoms with Crippen LogP contribution in [-0.4, -0.2) is 73.0 Å². The van der Waals surface area contributed by atoms with Gasteiger partial charge in [-0.3, -0.25) is 15.1 Å². The first kappa shape index (κ1) is 21.4. The van der Waals surface area contributed by atoms with Gasteiger partial charge in [-0.05, 0) is 36.5 Å². The standard InChI is InChI=1S/C25H34N6O/c32-25(22-17-27-28-24(22)21-8-2-1-3-9-21)31-12-6-7-20(19-31)18-29-13-15-30(16-14-29)23-10-4-5-11-26-23/h1-5,8-11,20,22,24,27-28H,6-7,12-19H2. The number of hydrogen-bond donors (Lipinski definition) is 2. The van der Waals surface area contributed by atoms with E-state index in [4.69, 9.17) is 0 Å². The van der Waals surface area contributed by atoms with Crippen molar-refractivity contribution in [1.82, 2.24) is 25.6 Å². The fourth-order valence-electron chi connectivity index (χ4n) is 5.42. The molecular weight excluding hydrogens is 400 g/mol. The molecule has 0 radical (unpaired) electrons. The molecule has 1 aromatic heterocycles. The number of hydrazine groups is 1. The zero-order valence-electron chi connectivity index (χ0n) is 18.7. The largest absolute Gasteiger partial charge is 0.354 e. The number of carbonyl (C=O) groups is 1. The first-order valence-electron chi connectivity index (χ1n) is 12.0. The molecule has 4 heterocycles. The van der Waals surface area contributed by atoms with E-state index in [1.54, 1.807) is 0 Å². The summed E-state index contributed by atoms with van der Waals surface area (Å²) < 4.78 is 0. The highest BCUT2D eigenvalue weighted by Crippen LogP contribution is 2.28. The molecule has 1 amide bonds. The topological polar surface area (TPSA) is 63.7 Å². The van der Waals surface area contributed by atoms with Gasteiger partial charge >= 0.3 is 0 Å². The van der Waals surface area contributed by atoms with E-state index in [0.717, 1.165) is 58.1 Å². The van der Waals surface area contributed by atoms with Crippen LogP contribution in [0.25, 0.3) is 0 Å². The SMILES string of the molecule is O=C(C1CNNC1c1ccccc1)N1CCCC(CN2CCN(c3ccccn3)CC2)C1. The molecule has 2 aromatic rings. The third-order valence-corrected chi connectivity index (χ3v) is 7.15. The molecular formula is C25H34N6O. The van der Waals surface area contributed by atoms with Crippen LogP contribution in [0.3, 0.4) is 0 Å². The Kier molecular flexibility index (Phi) is 6.67. The van der Waals surface area contributed by atoms with Crippen molar-refractivity contribution in [2.75, 3.05) is 57.3 Å². The van der Waals surface area contributed by atoms with E-state index in [0.29, 0.717) is 18.4 Å². The number of rotatable bonds is 5. The fourth-order valence-corrected chi connectivity index (χ4v) is 5.42. The van der Waals surface area contributed by atoms with Crippen molar-refractivity contribution in [3.8, 4) is 0 Å². The molecule has 3 fully saturated rings. The van der Waals surface area contributed by atoms with Gasteiger partial charge in [0.2, 0.25) is 5.91 Å². The molecule has 5 rings (SSSR count). The number of nitrogens with zero attached hydrogens (tertiary/aromatic N) is 4. The van der Waals surface area contributed by atoms with Gasteiger partial charge in [0, 0.05) is 58.6 Å². The average Bonchev–Trinajstić information content (AvgIpc) is 3.35. The zero-order valence-corrected chi connectivity index (χ0v) is 18.7. The van der Waals surface area contributed by atoms with Crippen LogP contribution in [0.5, 0.6) is 0 Å². The summed E-state index contributed by atoms with van der Waals surface area (Å²) >= 11 is 0. The Bertz CT molecular complexity index is 871. The van der Waals surface area contributed by atoms with E-state index in [9.17, 15) is 4.79 Å². The van der Waals surface area contributed by atoms with Crippen LogP contribution in [-0.2, 0) is 4.79 Å². The molecule has 170 valence electrons. The number of piperidine rings is 1. The number of hydrogen-bond acceptors (Lipinski definition) is 6. The normalized spacial score (nSPS) is 26.9. The molecule has 1 aromatic carbocycles. The molecule has 2 N–H and O–H groups in total. The number of anilines is 1. The second-order valence-electron chi connectivity index (χ2n) is 9.29. The number of aromatic nitrogens is 1. The lowest BCUT2D eigenvalue weighted by Gasteiger charge is -2.40.